The predicted molar refractivity (Wildman–Crippen MR) is 111 cm³/mol. The van der Waals surface area contributed by atoms with Crippen molar-refractivity contribution in [2.45, 2.75) is 26.5 Å². The molecule has 1 unspecified atom stereocenters. The molecule has 0 bridgehead atoms. The van der Waals surface area contributed by atoms with E-state index < -0.39 is 0 Å². The van der Waals surface area contributed by atoms with Gasteiger partial charge in [0, 0.05) is 10.9 Å². The molecule has 150 valence electrons. The zero-order valence-electron chi connectivity index (χ0n) is 16.3. The molecule has 4 rings (SSSR count). The third-order valence-electron chi connectivity index (χ3n) is 4.58. The summed E-state index contributed by atoms with van der Waals surface area (Å²) in [6.07, 6.45) is 0. The van der Waals surface area contributed by atoms with E-state index in [1.54, 1.807) is 35.6 Å². The molecule has 1 N–H and O–H groups in total. The van der Waals surface area contributed by atoms with E-state index in [9.17, 15) is 4.79 Å². The number of carbonyl (C=O) groups excluding carboxylic acids is 1. The molecular formula is C22H22N2O4S. The first-order chi connectivity index (χ1) is 14.1. The summed E-state index contributed by atoms with van der Waals surface area (Å²) in [4.78, 5) is 17.0. The van der Waals surface area contributed by atoms with Crippen LogP contribution in [-0.4, -0.2) is 24.1 Å². The number of aromatic nitrogens is 1. The van der Waals surface area contributed by atoms with Crippen molar-refractivity contribution in [2.75, 3.05) is 13.2 Å². The molecule has 0 radical (unpaired) electrons. The van der Waals surface area contributed by atoms with Crippen molar-refractivity contribution in [1.29, 1.82) is 0 Å². The van der Waals surface area contributed by atoms with Crippen molar-refractivity contribution in [3.8, 4) is 17.2 Å². The molecule has 0 saturated heterocycles. The monoisotopic (exact) mass is 410 g/mol. The van der Waals surface area contributed by atoms with Gasteiger partial charge in [0.25, 0.3) is 5.91 Å². The van der Waals surface area contributed by atoms with Gasteiger partial charge >= 0.3 is 0 Å². The van der Waals surface area contributed by atoms with Crippen LogP contribution in [0.4, 0.5) is 0 Å². The average Bonchev–Trinajstić information content (AvgIpc) is 3.17. The lowest BCUT2D eigenvalue weighted by molar-refractivity contribution is 0.0939. The van der Waals surface area contributed by atoms with Gasteiger partial charge in [-0.25, -0.2) is 4.98 Å². The van der Waals surface area contributed by atoms with Gasteiger partial charge in [-0.05, 0) is 55.8 Å². The van der Waals surface area contributed by atoms with E-state index in [0.29, 0.717) is 36.9 Å². The lowest BCUT2D eigenvalue weighted by atomic mass is 10.1. The number of hydrogen-bond acceptors (Lipinski definition) is 6. The lowest BCUT2D eigenvalue weighted by Gasteiger charge is -2.21. The highest BCUT2D eigenvalue weighted by atomic mass is 32.1. The maximum absolute atomic E-state index is 12.6. The van der Waals surface area contributed by atoms with E-state index in [1.165, 1.54) is 0 Å². The van der Waals surface area contributed by atoms with Gasteiger partial charge in [-0.15, -0.1) is 11.3 Å². The molecule has 1 atom stereocenters. The van der Waals surface area contributed by atoms with Crippen LogP contribution in [0.5, 0.6) is 17.2 Å². The summed E-state index contributed by atoms with van der Waals surface area (Å²) < 4.78 is 16.9. The molecule has 29 heavy (non-hydrogen) atoms. The molecule has 0 fully saturated rings. The van der Waals surface area contributed by atoms with E-state index in [4.69, 9.17) is 14.2 Å². The first-order valence-electron chi connectivity index (χ1n) is 9.43. The zero-order valence-corrected chi connectivity index (χ0v) is 17.1. The summed E-state index contributed by atoms with van der Waals surface area (Å²) >= 11 is 1.60. The van der Waals surface area contributed by atoms with Crippen molar-refractivity contribution in [1.82, 2.24) is 10.3 Å². The number of hydrogen-bond donors (Lipinski definition) is 1. The molecule has 0 saturated carbocycles. The average molecular weight is 410 g/mol. The highest BCUT2D eigenvalue weighted by molar-refractivity contribution is 7.09. The molecule has 7 heteroatoms. The van der Waals surface area contributed by atoms with Gasteiger partial charge in [-0.3, -0.25) is 4.79 Å². The smallest absolute Gasteiger partial charge is 0.251 e. The van der Waals surface area contributed by atoms with E-state index >= 15 is 0 Å². The standard InChI is InChI=1S/C22H22N2O4S/c1-14(17-5-8-20-21(11-17)27-10-9-26-20)23-22(25)16-3-6-19(7-4-16)28-12-18-13-29-15(2)24-18/h3-8,11,13-14H,9-10,12H2,1-2H3,(H,23,25). The number of benzene rings is 2. The number of nitrogens with zero attached hydrogens (tertiary/aromatic N) is 1. The molecule has 0 aliphatic carbocycles. The summed E-state index contributed by atoms with van der Waals surface area (Å²) in [5, 5.41) is 6.01. The molecule has 1 aromatic heterocycles. The fraction of sp³-hybridized carbons (Fsp3) is 0.273. The first-order valence-corrected chi connectivity index (χ1v) is 10.3. The Morgan fingerprint density at radius 3 is 2.66 bits per heavy atom. The number of rotatable bonds is 6. The Labute approximate surface area is 173 Å². The second-order valence-corrected chi connectivity index (χ2v) is 7.83. The number of ether oxygens (including phenoxy) is 3. The van der Waals surface area contributed by atoms with E-state index in [-0.39, 0.29) is 11.9 Å². The van der Waals surface area contributed by atoms with Gasteiger partial charge in [0.05, 0.1) is 16.7 Å². The Bertz CT molecular complexity index is 1000. The lowest BCUT2D eigenvalue weighted by Crippen LogP contribution is -2.26. The SMILES string of the molecule is Cc1nc(COc2ccc(C(=O)NC(C)c3ccc4c(c3)OCCO4)cc2)cs1. The van der Waals surface area contributed by atoms with E-state index in [2.05, 4.69) is 10.3 Å². The topological polar surface area (TPSA) is 69.7 Å². The summed E-state index contributed by atoms with van der Waals surface area (Å²) in [5.74, 6) is 2.01. The van der Waals surface area contributed by atoms with Crippen molar-refractivity contribution >= 4 is 17.2 Å². The first kappa shape index (κ1) is 19.3. The van der Waals surface area contributed by atoms with Gasteiger partial charge in [-0.2, -0.15) is 0 Å². The van der Waals surface area contributed by atoms with Crippen LogP contribution in [0.25, 0.3) is 0 Å². The second-order valence-electron chi connectivity index (χ2n) is 6.77. The van der Waals surface area contributed by atoms with Gasteiger partial charge in [-0.1, -0.05) is 6.07 Å². The van der Waals surface area contributed by atoms with Crippen LogP contribution in [0.3, 0.4) is 0 Å². The molecule has 2 aromatic carbocycles. The van der Waals surface area contributed by atoms with Crippen LogP contribution in [0.15, 0.2) is 47.8 Å². The number of thiazole rings is 1. The van der Waals surface area contributed by atoms with Gasteiger partial charge in [0.1, 0.15) is 25.6 Å². The minimum absolute atomic E-state index is 0.144. The van der Waals surface area contributed by atoms with Crippen molar-refractivity contribution in [3.63, 3.8) is 0 Å². The quantitative estimate of drug-likeness (QED) is 0.656. The maximum Gasteiger partial charge on any atom is 0.251 e. The Kier molecular flexibility index (Phi) is 5.67. The van der Waals surface area contributed by atoms with Crippen molar-refractivity contribution in [3.05, 3.63) is 69.7 Å². The second kappa shape index (κ2) is 8.53. The molecule has 2 heterocycles. The highest BCUT2D eigenvalue weighted by Gasteiger charge is 2.16. The molecular weight excluding hydrogens is 388 g/mol. The van der Waals surface area contributed by atoms with Crippen LogP contribution in [0, 0.1) is 6.92 Å². The fourth-order valence-electron chi connectivity index (χ4n) is 3.03. The third-order valence-corrected chi connectivity index (χ3v) is 5.41. The van der Waals surface area contributed by atoms with Crippen LogP contribution < -0.4 is 19.5 Å². The number of carbonyl (C=O) groups is 1. The normalized spacial score (nSPS) is 13.6. The van der Waals surface area contributed by atoms with Gasteiger partial charge < -0.3 is 19.5 Å². The number of amides is 1. The molecule has 1 aliphatic heterocycles. The highest BCUT2D eigenvalue weighted by Crippen LogP contribution is 2.32. The Balaban J connectivity index is 1.35. The molecule has 6 nitrogen and oxygen atoms in total. The van der Waals surface area contributed by atoms with Crippen LogP contribution >= 0.6 is 11.3 Å². The molecule has 1 amide bonds. The number of aryl methyl sites for hydroxylation is 1. The summed E-state index contributed by atoms with van der Waals surface area (Å²) in [6.45, 7) is 5.41. The summed E-state index contributed by atoms with van der Waals surface area (Å²) in [6, 6.07) is 12.7. The van der Waals surface area contributed by atoms with Gasteiger partial charge in [0.2, 0.25) is 0 Å². The number of fused-ring (bicyclic) bond motifs is 1. The number of nitrogens with one attached hydrogen (secondary N) is 1. The minimum Gasteiger partial charge on any atom is -0.487 e. The molecule has 1 aliphatic rings. The van der Waals surface area contributed by atoms with Crippen LogP contribution in [0.2, 0.25) is 0 Å². The zero-order chi connectivity index (χ0) is 20.2. The van der Waals surface area contributed by atoms with Crippen molar-refractivity contribution in [2.24, 2.45) is 0 Å². The third kappa shape index (κ3) is 4.68. The van der Waals surface area contributed by atoms with Gasteiger partial charge in [0.15, 0.2) is 11.5 Å². The molecule has 3 aromatic rings. The van der Waals surface area contributed by atoms with Crippen LogP contribution in [-0.2, 0) is 6.61 Å². The van der Waals surface area contributed by atoms with Crippen molar-refractivity contribution < 1.29 is 19.0 Å². The predicted octanol–water partition coefficient (Wildman–Crippen LogP) is 4.29. The summed E-state index contributed by atoms with van der Waals surface area (Å²) in [5.41, 5.74) is 2.44. The largest absolute Gasteiger partial charge is 0.487 e. The Morgan fingerprint density at radius 1 is 1.17 bits per heavy atom. The fourth-order valence-corrected chi connectivity index (χ4v) is 3.62. The van der Waals surface area contributed by atoms with Crippen LogP contribution in [0.1, 0.15) is 39.6 Å². The summed E-state index contributed by atoms with van der Waals surface area (Å²) in [7, 11) is 0. The van der Waals surface area contributed by atoms with E-state index in [1.807, 2.05) is 37.4 Å². The Morgan fingerprint density at radius 2 is 1.93 bits per heavy atom. The maximum atomic E-state index is 12.6. The molecule has 0 spiro atoms. The van der Waals surface area contributed by atoms with E-state index in [0.717, 1.165) is 22.0 Å². The minimum atomic E-state index is -0.165. The Hall–Kier alpha value is -3.06.